The second kappa shape index (κ2) is 6.68. The molecule has 7 heteroatoms. The second-order valence-electron chi connectivity index (χ2n) is 7.38. The van der Waals surface area contributed by atoms with Crippen molar-refractivity contribution in [2.75, 3.05) is 0 Å². The van der Waals surface area contributed by atoms with Gasteiger partial charge in [0.2, 0.25) is 11.7 Å². The molecule has 1 fully saturated rings. The Morgan fingerprint density at radius 1 is 1.30 bits per heavy atom. The molecule has 1 aromatic heterocycles. The highest BCUT2D eigenvalue weighted by Gasteiger charge is 2.32. The number of carbonyl (C=O) groups excluding carboxylic acids is 2. The van der Waals surface area contributed by atoms with E-state index < -0.39 is 17.7 Å². The van der Waals surface area contributed by atoms with Crippen molar-refractivity contribution in [2.45, 2.75) is 65.5 Å². The quantitative estimate of drug-likeness (QED) is 0.809. The minimum atomic E-state index is -0.765. The maximum Gasteiger partial charge on any atom is 0.408 e. The highest BCUT2D eigenvalue weighted by Crippen LogP contribution is 2.32. The van der Waals surface area contributed by atoms with Gasteiger partial charge in [0.15, 0.2) is 0 Å². The van der Waals surface area contributed by atoms with Crippen molar-refractivity contribution in [3.8, 4) is 0 Å². The summed E-state index contributed by atoms with van der Waals surface area (Å²) in [5.74, 6) is 0.499. The lowest BCUT2D eigenvalue weighted by atomic mass is 10.00. The van der Waals surface area contributed by atoms with Crippen LogP contribution < -0.4 is 5.32 Å². The third-order valence-corrected chi connectivity index (χ3v) is 3.46. The van der Waals surface area contributed by atoms with Crippen LogP contribution in [0.25, 0.3) is 0 Å². The maximum atomic E-state index is 12.5. The number of ether oxygens (including phenoxy) is 1. The fourth-order valence-corrected chi connectivity index (χ4v) is 2.11. The number of Topliss-reactive ketones (excluding diaryl/α,β-unsaturated/α-hetero) is 1. The van der Waals surface area contributed by atoms with Gasteiger partial charge in [0.05, 0.1) is 0 Å². The normalized spacial score (nSPS) is 16.3. The van der Waals surface area contributed by atoms with E-state index >= 15 is 0 Å². The lowest BCUT2D eigenvalue weighted by Crippen LogP contribution is -2.46. The molecule has 1 aliphatic carbocycles. The number of nitrogens with zero attached hydrogens (tertiary/aromatic N) is 2. The van der Waals surface area contributed by atoms with E-state index in [1.807, 2.05) is 13.8 Å². The molecule has 128 valence electrons. The summed E-state index contributed by atoms with van der Waals surface area (Å²) in [6.07, 6.45) is 2.41. The number of nitrogens with one attached hydrogen (secondary N) is 1. The van der Waals surface area contributed by atoms with Gasteiger partial charge in [-0.25, -0.2) is 4.79 Å². The van der Waals surface area contributed by atoms with Crippen molar-refractivity contribution in [2.24, 2.45) is 11.8 Å². The van der Waals surface area contributed by atoms with Crippen LogP contribution in [0.4, 0.5) is 4.79 Å². The molecule has 0 radical (unpaired) electrons. The third-order valence-electron chi connectivity index (χ3n) is 3.46. The van der Waals surface area contributed by atoms with E-state index in [0.29, 0.717) is 18.2 Å². The number of carbonyl (C=O) groups is 2. The molecular weight excluding hydrogens is 298 g/mol. The molecule has 0 bridgehead atoms. The van der Waals surface area contributed by atoms with Crippen LogP contribution in [0.3, 0.4) is 0 Å². The Balaban J connectivity index is 2.02. The van der Waals surface area contributed by atoms with Crippen molar-refractivity contribution < 1.29 is 18.7 Å². The molecule has 1 atom stereocenters. The average Bonchev–Trinajstić information content (AvgIpc) is 3.08. The van der Waals surface area contributed by atoms with Gasteiger partial charge in [-0.3, -0.25) is 4.79 Å². The van der Waals surface area contributed by atoms with Crippen LogP contribution in [0, 0.1) is 11.8 Å². The fraction of sp³-hybridized carbons (Fsp3) is 0.750. The predicted octanol–water partition coefficient (Wildman–Crippen LogP) is 2.75. The molecule has 2 rings (SSSR count). The number of hydrogen-bond donors (Lipinski definition) is 1. The van der Waals surface area contributed by atoms with Crippen molar-refractivity contribution in [3.05, 3.63) is 11.8 Å². The summed E-state index contributed by atoms with van der Waals surface area (Å²) in [4.78, 5) is 24.5. The summed E-state index contributed by atoms with van der Waals surface area (Å²) >= 11 is 0. The summed E-state index contributed by atoms with van der Waals surface area (Å²) in [6.45, 7) is 8.96. The summed E-state index contributed by atoms with van der Waals surface area (Å²) in [5, 5.41) is 10.3. The standard InChI is InChI=1S/C16H25N3O4/c1-9(2)12(17-15(21)23-16(3,4)5)13(20)14-19-18-11(22-14)8-10-6-7-10/h9-10,12H,6-8H2,1-5H3,(H,17,21). The Morgan fingerprint density at radius 3 is 2.48 bits per heavy atom. The first-order chi connectivity index (χ1) is 10.7. The molecule has 1 aliphatic rings. The van der Waals surface area contributed by atoms with Crippen LogP contribution in [-0.4, -0.2) is 33.7 Å². The SMILES string of the molecule is CC(C)C(NC(=O)OC(C)(C)C)C(=O)c1nnc(CC2CC2)o1. The van der Waals surface area contributed by atoms with Gasteiger partial charge < -0.3 is 14.5 Å². The van der Waals surface area contributed by atoms with E-state index in [0.717, 1.165) is 0 Å². The zero-order chi connectivity index (χ0) is 17.2. The van der Waals surface area contributed by atoms with Crippen LogP contribution >= 0.6 is 0 Å². The van der Waals surface area contributed by atoms with Gasteiger partial charge in [-0.15, -0.1) is 10.2 Å². The number of alkyl carbamates (subject to hydrolysis) is 1. The first kappa shape index (κ1) is 17.4. The molecule has 7 nitrogen and oxygen atoms in total. The third kappa shape index (κ3) is 5.33. The summed E-state index contributed by atoms with van der Waals surface area (Å²) in [6, 6.07) is -0.765. The Labute approximate surface area is 136 Å². The van der Waals surface area contributed by atoms with Gasteiger partial charge in [-0.1, -0.05) is 13.8 Å². The average molecular weight is 323 g/mol. The second-order valence-corrected chi connectivity index (χ2v) is 7.38. The van der Waals surface area contributed by atoms with E-state index in [-0.39, 0.29) is 17.6 Å². The fourth-order valence-electron chi connectivity index (χ4n) is 2.11. The molecule has 1 N–H and O–H groups in total. The van der Waals surface area contributed by atoms with E-state index in [9.17, 15) is 9.59 Å². The lowest BCUT2D eigenvalue weighted by molar-refractivity contribution is 0.0472. The Morgan fingerprint density at radius 2 is 1.96 bits per heavy atom. The molecule has 0 spiro atoms. The van der Waals surface area contributed by atoms with Crippen LogP contribution in [-0.2, 0) is 11.2 Å². The molecule has 0 aliphatic heterocycles. The van der Waals surface area contributed by atoms with Gasteiger partial charge >= 0.3 is 6.09 Å². The van der Waals surface area contributed by atoms with Gasteiger partial charge in [0, 0.05) is 6.42 Å². The number of ketones is 1. The van der Waals surface area contributed by atoms with E-state index in [4.69, 9.17) is 9.15 Å². The van der Waals surface area contributed by atoms with Gasteiger partial charge in [-0.2, -0.15) is 0 Å². The highest BCUT2D eigenvalue weighted by molar-refractivity contribution is 5.97. The molecular formula is C16H25N3O4. The van der Waals surface area contributed by atoms with Crippen molar-refractivity contribution in [3.63, 3.8) is 0 Å². The van der Waals surface area contributed by atoms with Crippen molar-refractivity contribution >= 4 is 11.9 Å². The van der Waals surface area contributed by atoms with Crippen LogP contribution in [0.1, 0.15) is 64.0 Å². The number of aromatic nitrogens is 2. The molecule has 1 saturated carbocycles. The minimum Gasteiger partial charge on any atom is -0.444 e. The van der Waals surface area contributed by atoms with Crippen LogP contribution in [0.5, 0.6) is 0 Å². The van der Waals surface area contributed by atoms with Gasteiger partial charge in [0.25, 0.3) is 5.89 Å². The van der Waals surface area contributed by atoms with E-state index in [1.165, 1.54) is 12.8 Å². The number of hydrogen-bond acceptors (Lipinski definition) is 6. The molecule has 1 amide bonds. The van der Waals surface area contributed by atoms with Crippen molar-refractivity contribution in [1.82, 2.24) is 15.5 Å². The van der Waals surface area contributed by atoms with Crippen LogP contribution in [0.2, 0.25) is 0 Å². The number of rotatable bonds is 6. The molecule has 0 saturated heterocycles. The molecule has 1 heterocycles. The Kier molecular flexibility index (Phi) is 5.06. The van der Waals surface area contributed by atoms with Crippen LogP contribution in [0.15, 0.2) is 4.42 Å². The highest BCUT2D eigenvalue weighted by atomic mass is 16.6. The zero-order valence-corrected chi connectivity index (χ0v) is 14.4. The Hall–Kier alpha value is -1.92. The monoisotopic (exact) mass is 323 g/mol. The van der Waals surface area contributed by atoms with Gasteiger partial charge in [-0.05, 0) is 45.4 Å². The van der Waals surface area contributed by atoms with Gasteiger partial charge in [0.1, 0.15) is 11.6 Å². The van der Waals surface area contributed by atoms with E-state index in [2.05, 4.69) is 15.5 Å². The minimum absolute atomic E-state index is 0.0598. The largest absolute Gasteiger partial charge is 0.444 e. The summed E-state index contributed by atoms with van der Waals surface area (Å²) in [5.41, 5.74) is -0.628. The molecule has 23 heavy (non-hydrogen) atoms. The smallest absolute Gasteiger partial charge is 0.408 e. The molecule has 1 unspecified atom stereocenters. The van der Waals surface area contributed by atoms with E-state index in [1.54, 1.807) is 20.8 Å². The Bertz CT molecular complexity index is 570. The predicted molar refractivity (Wildman–Crippen MR) is 83.1 cm³/mol. The molecule has 0 aromatic carbocycles. The maximum absolute atomic E-state index is 12.5. The molecule has 1 aromatic rings. The topological polar surface area (TPSA) is 94.3 Å². The van der Waals surface area contributed by atoms with Crippen molar-refractivity contribution in [1.29, 1.82) is 0 Å². The first-order valence-corrected chi connectivity index (χ1v) is 8.02. The summed E-state index contributed by atoms with van der Waals surface area (Å²) in [7, 11) is 0. The first-order valence-electron chi connectivity index (χ1n) is 8.02. The number of amides is 1. The lowest BCUT2D eigenvalue weighted by Gasteiger charge is -2.24. The summed E-state index contributed by atoms with van der Waals surface area (Å²) < 4.78 is 10.6. The zero-order valence-electron chi connectivity index (χ0n) is 14.4.